The summed E-state index contributed by atoms with van der Waals surface area (Å²) in [6.07, 6.45) is 6.19. The van der Waals surface area contributed by atoms with Crippen molar-refractivity contribution in [2.75, 3.05) is 13.1 Å². The highest BCUT2D eigenvalue weighted by molar-refractivity contribution is 5.76. The molecule has 20 heavy (non-hydrogen) atoms. The van der Waals surface area contributed by atoms with Gasteiger partial charge in [0.1, 0.15) is 0 Å². The predicted molar refractivity (Wildman–Crippen MR) is 82.4 cm³/mol. The summed E-state index contributed by atoms with van der Waals surface area (Å²) < 4.78 is 0. The molecule has 2 aliphatic heterocycles. The molecule has 0 saturated carbocycles. The Hall–Kier alpha value is -0.610. The molecule has 4 nitrogen and oxygen atoms in total. The number of hydrogen-bond acceptors (Lipinski definition) is 3. The van der Waals surface area contributed by atoms with Gasteiger partial charge in [0.05, 0.1) is 0 Å². The molecule has 0 aromatic rings. The summed E-state index contributed by atoms with van der Waals surface area (Å²) >= 11 is 0. The van der Waals surface area contributed by atoms with Crippen LogP contribution in [-0.4, -0.2) is 42.0 Å². The number of carbonyl (C=O) groups is 1. The molecule has 1 amide bonds. The van der Waals surface area contributed by atoms with Gasteiger partial charge in [0.2, 0.25) is 5.91 Å². The number of amides is 1. The van der Waals surface area contributed by atoms with E-state index in [1.807, 2.05) is 0 Å². The average Bonchev–Trinajstić information content (AvgIpc) is 2.72. The molecule has 3 N–H and O–H groups in total. The molecule has 0 aromatic heterocycles. The molecule has 0 spiro atoms. The van der Waals surface area contributed by atoms with Crippen molar-refractivity contribution in [2.24, 2.45) is 11.1 Å². The maximum atomic E-state index is 12.1. The van der Waals surface area contributed by atoms with E-state index in [2.05, 4.69) is 31.0 Å². The van der Waals surface area contributed by atoms with Crippen molar-refractivity contribution < 1.29 is 4.79 Å². The molecular weight excluding hydrogens is 250 g/mol. The molecule has 0 bridgehead atoms. The molecule has 4 heteroatoms. The Morgan fingerprint density at radius 2 is 2.10 bits per heavy atom. The van der Waals surface area contributed by atoms with Crippen LogP contribution in [0.2, 0.25) is 0 Å². The zero-order chi connectivity index (χ0) is 14.8. The summed E-state index contributed by atoms with van der Waals surface area (Å²) in [5.74, 6) is 0.137. The lowest BCUT2D eigenvalue weighted by atomic mass is 9.87. The van der Waals surface area contributed by atoms with E-state index in [1.165, 1.54) is 19.4 Å². The lowest BCUT2D eigenvalue weighted by Crippen LogP contribution is -2.48. The molecule has 0 radical (unpaired) electrons. The van der Waals surface area contributed by atoms with Gasteiger partial charge in [0, 0.05) is 31.1 Å². The minimum absolute atomic E-state index is 0.0263. The number of nitrogens with two attached hydrogens (primary N) is 1. The molecule has 0 aliphatic carbocycles. The minimum Gasteiger partial charge on any atom is -0.353 e. The lowest BCUT2D eigenvalue weighted by Gasteiger charge is -2.35. The Bertz CT molecular complexity index is 337. The highest BCUT2D eigenvalue weighted by atomic mass is 16.1. The van der Waals surface area contributed by atoms with Gasteiger partial charge in [-0.1, -0.05) is 20.8 Å². The molecule has 0 aromatic carbocycles. The second-order valence-corrected chi connectivity index (χ2v) is 7.85. The summed E-state index contributed by atoms with van der Waals surface area (Å²) in [5, 5.41) is 3.20. The van der Waals surface area contributed by atoms with E-state index in [1.54, 1.807) is 0 Å². The van der Waals surface area contributed by atoms with Crippen LogP contribution in [0.15, 0.2) is 0 Å². The van der Waals surface area contributed by atoms with Crippen molar-refractivity contribution in [2.45, 2.75) is 77.4 Å². The number of fused-ring (bicyclic) bond motifs is 1. The van der Waals surface area contributed by atoms with Crippen LogP contribution < -0.4 is 11.1 Å². The number of piperidine rings is 1. The van der Waals surface area contributed by atoms with Gasteiger partial charge in [-0.05, 0) is 44.1 Å². The van der Waals surface area contributed by atoms with Gasteiger partial charge in [-0.25, -0.2) is 0 Å². The molecule has 2 rings (SSSR count). The summed E-state index contributed by atoms with van der Waals surface area (Å²) in [6.45, 7) is 8.90. The fraction of sp³-hybridized carbons (Fsp3) is 0.938. The van der Waals surface area contributed by atoms with E-state index in [-0.39, 0.29) is 17.4 Å². The van der Waals surface area contributed by atoms with Gasteiger partial charge in [-0.2, -0.15) is 0 Å². The Labute approximate surface area is 123 Å². The Morgan fingerprint density at radius 1 is 1.35 bits per heavy atom. The Morgan fingerprint density at radius 3 is 2.80 bits per heavy atom. The van der Waals surface area contributed by atoms with Crippen LogP contribution in [0.1, 0.15) is 59.3 Å². The molecule has 3 unspecified atom stereocenters. The van der Waals surface area contributed by atoms with Gasteiger partial charge < -0.3 is 16.0 Å². The molecule has 116 valence electrons. The molecular formula is C16H31N3O. The monoisotopic (exact) mass is 281 g/mol. The third-order valence-electron chi connectivity index (χ3n) is 4.51. The number of rotatable bonds is 4. The first kappa shape index (κ1) is 15.8. The van der Waals surface area contributed by atoms with Crippen molar-refractivity contribution in [1.82, 2.24) is 10.2 Å². The van der Waals surface area contributed by atoms with Crippen molar-refractivity contribution in [3.05, 3.63) is 0 Å². The zero-order valence-corrected chi connectivity index (χ0v) is 13.3. The molecule has 2 fully saturated rings. The molecule has 3 atom stereocenters. The van der Waals surface area contributed by atoms with Crippen molar-refractivity contribution in [1.29, 1.82) is 0 Å². The summed E-state index contributed by atoms with van der Waals surface area (Å²) in [6, 6.07) is 1.04. The number of carbonyl (C=O) groups excluding carboxylic acids is 1. The van der Waals surface area contributed by atoms with Crippen LogP contribution in [0.4, 0.5) is 0 Å². The van der Waals surface area contributed by atoms with Crippen LogP contribution in [0.5, 0.6) is 0 Å². The van der Waals surface area contributed by atoms with Crippen LogP contribution in [0.3, 0.4) is 0 Å². The van der Waals surface area contributed by atoms with Crippen molar-refractivity contribution >= 4 is 5.91 Å². The fourth-order valence-electron chi connectivity index (χ4n) is 3.74. The molecule has 2 heterocycles. The summed E-state index contributed by atoms with van der Waals surface area (Å²) in [5.41, 5.74) is 6.27. The molecule has 2 aliphatic rings. The second kappa shape index (κ2) is 6.44. The Balaban J connectivity index is 1.72. The van der Waals surface area contributed by atoms with Gasteiger partial charge in [-0.3, -0.25) is 4.79 Å². The van der Waals surface area contributed by atoms with Gasteiger partial charge in [0.15, 0.2) is 0 Å². The third kappa shape index (κ3) is 4.74. The first-order valence-electron chi connectivity index (χ1n) is 8.12. The van der Waals surface area contributed by atoms with Gasteiger partial charge in [0.25, 0.3) is 0 Å². The SMILES string of the molecule is CC(C)(C)CC(N)CC(=O)NC1CCN2CCCC2C1. The topological polar surface area (TPSA) is 58.4 Å². The van der Waals surface area contributed by atoms with E-state index in [9.17, 15) is 4.79 Å². The van der Waals surface area contributed by atoms with Gasteiger partial charge in [-0.15, -0.1) is 0 Å². The van der Waals surface area contributed by atoms with E-state index >= 15 is 0 Å². The molecule has 2 saturated heterocycles. The van der Waals surface area contributed by atoms with E-state index in [0.29, 0.717) is 18.5 Å². The normalized spacial score (nSPS) is 29.0. The highest BCUT2D eigenvalue weighted by Gasteiger charge is 2.32. The number of nitrogens with one attached hydrogen (secondary N) is 1. The predicted octanol–water partition coefficient (Wildman–Crippen LogP) is 1.88. The van der Waals surface area contributed by atoms with E-state index < -0.39 is 0 Å². The van der Waals surface area contributed by atoms with Crippen LogP contribution in [-0.2, 0) is 4.79 Å². The largest absolute Gasteiger partial charge is 0.353 e. The Kier molecular flexibility index (Phi) is 5.08. The second-order valence-electron chi connectivity index (χ2n) is 7.85. The average molecular weight is 281 g/mol. The van der Waals surface area contributed by atoms with E-state index in [0.717, 1.165) is 25.8 Å². The third-order valence-corrected chi connectivity index (χ3v) is 4.51. The van der Waals surface area contributed by atoms with Crippen LogP contribution >= 0.6 is 0 Å². The van der Waals surface area contributed by atoms with Gasteiger partial charge >= 0.3 is 0 Å². The van der Waals surface area contributed by atoms with Crippen molar-refractivity contribution in [3.63, 3.8) is 0 Å². The van der Waals surface area contributed by atoms with Crippen molar-refractivity contribution in [3.8, 4) is 0 Å². The van der Waals surface area contributed by atoms with E-state index in [4.69, 9.17) is 5.73 Å². The fourth-order valence-corrected chi connectivity index (χ4v) is 3.74. The number of nitrogens with zero attached hydrogens (tertiary/aromatic N) is 1. The van der Waals surface area contributed by atoms with Crippen LogP contribution in [0, 0.1) is 5.41 Å². The maximum absolute atomic E-state index is 12.1. The highest BCUT2D eigenvalue weighted by Crippen LogP contribution is 2.27. The van der Waals surface area contributed by atoms with Crippen LogP contribution in [0.25, 0.3) is 0 Å². The lowest BCUT2D eigenvalue weighted by molar-refractivity contribution is -0.122. The first-order valence-corrected chi connectivity index (χ1v) is 8.12. The smallest absolute Gasteiger partial charge is 0.221 e. The number of hydrogen-bond donors (Lipinski definition) is 2. The minimum atomic E-state index is -0.0263. The zero-order valence-electron chi connectivity index (χ0n) is 13.3. The first-order chi connectivity index (χ1) is 9.33. The quantitative estimate of drug-likeness (QED) is 0.827. The maximum Gasteiger partial charge on any atom is 0.221 e. The standard InChI is InChI=1S/C16H31N3O/c1-16(2,3)11-12(17)9-15(20)18-13-6-8-19-7-4-5-14(19)10-13/h12-14H,4-11,17H2,1-3H3,(H,18,20). The summed E-state index contributed by atoms with van der Waals surface area (Å²) in [4.78, 5) is 14.7. The summed E-state index contributed by atoms with van der Waals surface area (Å²) in [7, 11) is 0.